The van der Waals surface area contributed by atoms with E-state index in [-0.39, 0.29) is 13.2 Å². The van der Waals surface area contributed by atoms with E-state index in [0.717, 1.165) is 108 Å². The Morgan fingerprint density at radius 3 is 1.16 bits per heavy atom. The molecule has 0 amide bonds. The van der Waals surface area contributed by atoms with Crippen LogP contribution in [0.2, 0.25) is 0 Å². The Hall–Kier alpha value is -5.96. The van der Waals surface area contributed by atoms with Gasteiger partial charge in [-0.3, -0.25) is 9.97 Å². The summed E-state index contributed by atoms with van der Waals surface area (Å²) in [5, 5.41) is 22.1. The molecule has 296 valence electrons. The number of hydrogen-bond acceptors (Lipinski definition) is 8. The van der Waals surface area contributed by atoms with Gasteiger partial charge in [-0.2, -0.15) is 0 Å². The number of aliphatic hydroxyl groups is 2. The zero-order chi connectivity index (χ0) is 40.4. The summed E-state index contributed by atoms with van der Waals surface area (Å²) in [6, 6.07) is 34.6. The maximum absolute atomic E-state index is 8.90. The molecule has 0 bridgehead atoms. The van der Waals surface area contributed by atoms with Crippen molar-refractivity contribution >= 4 is 55.2 Å². The molecule has 6 N–H and O–H groups in total. The van der Waals surface area contributed by atoms with Gasteiger partial charge in [-0.25, -0.2) is 9.97 Å². The molecule has 0 saturated carbocycles. The minimum absolute atomic E-state index is 0.272. The quantitative estimate of drug-likeness (QED) is 0.0633. The molecule has 0 unspecified atom stereocenters. The molecular formula is C50H54N6O2. The fourth-order valence-corrected chi connectivity index (χ4v) is 7.60. The Labute approximate surface area is 341 Å². The average molecular weight is 771 g/mol. The largest absolute Gasteiger partial charge is 0.396 e. The van der Waals surface area contributed by atoms with Crippen LogP contribution in [-0.2, 0) is 38.5 Å². The summed E-state index contributed by atoms with van der Waals surface area (Å²) in [5.74, 6) is 0.975. The van der Waals surface area contributed by atoms with E-state index in [1.54, 1.807) is 0 Å². The lowest BCUT2D eigenvalue weighted by Crippen LogP contribution is -1.98. The van der Waals surface area contributed by atoms with E-state index in [9.17, 15) is 0 Å². The van der Waals surface area contributed by atoms with Gasteiger partial charge >= 0.3 is 0 Å². The Morgan fingerprint density at radius 1 is 0.414 bits per heavy atom. The third-order valence-electron chi connectivity index (χ3n) is 10.9. The molecule has 0 aliphatic carbocycles. The summed E-state index contributed by atoms with van der Waals surface area (Å²) >= 11 is 0. The van der Waals surface area contributed by atoms with E-state index in [1.165, 1.54) is 44.5 Å². The molecule has 0 aliphatic rings. The number of aliphatic hydroxyl groups excluding tert-OH is 2. The summed E-state index contributed by atoms with van der Waals surface area (Å²) in [7, 11) is 0. The molecule has 0 atom stereocenters. The number of unbranched alkanes of at least 4 members (excludes halogenated alkanes) is 2. The smallest absolute Gasteiger partial charge is 0.150 e. The predicted octanol–water partition coefficient (Wildman–Crippen LogP) is 9.55. The monoisotopic (exact) mass is 770 g/mol. The number of aromatic nitrogens is 4. The van der Waals surface area contributed by atoms with Gasteiger partial charge in [0, 0.05) is 47.2 Å². The van der Waals surface area contributed by atoms with Gasteiger partial charge in [0.2, 0.25) is 0 Å². The highest BCUT2D eigenvalue weighted by molar-refractivity contribution is 6.09. The number of benzene rings is 4. The van der Waals surface area contributed by atoms with Crippen molar-refractivity contribution < 1.29 is 10.2 Å². The number of anilines is 2. The first-order chi connectivity index (χ1) is 28.3. The number of hydrogen-bond donors (Lipinski definition) is 4. The summed E-state index contributed by atoms with van der Waals surface area (Å²) in [6.45, 7) is 4.67. The molecule has 8 nitrogen and oxygen atoms in total. The molecule has 8 rings (SSSR count). The van der Waals surface area contributed by atoms with Crippen molar-refractivity contribution in [1.29, 1.82) is 0 Å². The number of aryl methyl sites for hydroxylation is 8. The standard InChI is InChI=1S/2C25H27N3O/c2*1-17-5-12-21-22-15-20(16-27-24(22)25(26)28-23(21)14-17)11-10-19-8-6-18(7-9-19)4-2-3-13-29/h2*5-9,12,14-16,29H,2-4,10-11,13H2,1H3,(H2,26,28). The van der Waals surface area contributed by atoms with Crippen molar-refractivity contribution in [2.75, 3.05) is 24.7 Å². The van der Waals surface area contributed by atoms with Crippen LogP contribution in [0.4, 0.5) is 11.6 Å². The Balaban J connectivity index is 0.000000177. The lowest BCUT2D eigenvalue weighted by atomic mass is 10.0. The number of nitrogens with two attached hydrogens (primary N) is 2. The summed E-state index contributed by atoms with van der Waals surface area (Å²) in [5.41, 5.74) is 25.8. The molecule has 0 saturated heterocycles. The van der Waals surface area contributed by atoms with E-state index in [2.05, 4.69) is 131 Å². The zero-order valence-corrected chi connectivity index (χ0v) is 33.7. The van der Waals surface area contributed by atoms with Crippen LogP contribution in [0, 0.1) is 13.8 Å². The Bertz CT molecular complexity index is 2460. The molecule has 8 heteroatoms. The average Bonchev–Trinajstić information content (AvgIpc) is 3.23. The maximum Gasteiger partial charge on any atom is 0.150 e. The Kier molecular flexibility index (Phi) is 13.2. The SMILES string of the molecule is Cc1ccc2c(c1)nc(N)c1ncc(CCc3ccc(CCCCO)cc3)cc12.Cc1ccc2c(c1)nc(N)c1ncc(CCc3ccc(CCCCO)cc3)cc12. The number of rotatable bonds is 14. The van der Waals surface area contributed by atoms with Gasteiger partial charge in [-0.05, 0) is 147 Å². The number of nitrogen functional groups attached to an aromatic ring is 2. The minimum Gasteiger partial charge on any atom is -0.396 e. The molecule has 4 heterocycles. The van der Waals surface area contributed by atoms with Crippen molar-refractivity contribution in [2.24, 2.45) is 0 Å². The van der Waals surface area contributed by atoms with Crippen molar-refractivity contribution in [3.05, 3.63) is 154 Å². The molecule has 8 aromatic rings. The van der Waals surface area contributed by atoms with Gasteiger partial charge in [0.25, 0.3) is 0 Å². The molecule has 58 heavy (non-hydrogen) atoms. The van der Waals surface area contributed by atoms with Crippen LogP contribution in [0.25, 0.3) is 43.6 Å². The second-order valence-corrected chi connectivity index (χ2v) is 15.5. The van der Waals surface area contributed by atoms with Crippen LogP contribution in [-0.4, -0.2) is 43.4 Å². The molecule has 0 radical (unpaired) electrons. The number of fused-ring (bicyclic) bond motifs is 6. The molecule has 4 aromatic heterocycles. The van der Waals surface area contributed by atoms with Crippen LogP contribution in [0.5, 0.6) is 0 Å². The highest BCUT2D eigenvalue weighted by atomic mass is 16.3. The van der Waals surface area contributed by atoms with Crippen molar-refractivity contribution in [2.45, 2.75) is 78.1 Å². The second kappa shape index (κ2) is 19.0. The topological polar surface area (TPSA) is 144 Å². The van der Waals surface area contributed by atoms with Gasteiger partial charge in [0.05, 0.1) is 11.0 Å². The molecular weight excluding hydrogens is 717 g/mol. The first-order valence-electron chi connectivity index (χ1n) is 20.5. The van der Waals surface area contributed by atoms with Crippen molar-refractivity contribution in [1.82, 2.24) is 19.9 Å². The van der Waals surface area contributed by atoms with E-state index in [0.29, 0.717) is 11.6 Å². The summed E-state index contributed by atoms with van der Waals surface area (Å²) in [4.78, 5) is 18.3. The van der Waals surface area contributed by atoms with Crippen LogP contribution in [0.15, 0.2) is 109 Å². The number of pyridine rings is 4. The Morgan fingerprint density at radius 2 is 0.776 bits per heavy atom. The van der Waals surface area contributed by atoms with Crippen LogP contribution in [0.3, 0.4) is 0 Å². The fourth-order valence-electron chi connectivity index (χ4n) is 7.60. The third kappa shape index (κ3) is 9.94. The van der Waals surface area contributed by atoms with E-state index < -0.39 is 0 Å². The second-order valence-electron chi connectivity index (χ2n) is 15.5. The maximum atomic E-state index is 8.90. The third-order valence-corrected chi connectivity index (χ3v) is 10.9. The number of nitrogens with zero attached hydrogens (tertiary/aromatic N) is 4. The van der Waals surface area contributed by atoms with Gasteiger partial charge in [0.1, 0.15) is 11.0 Å². The highest BCUT2D eigenvalue weighted by Crippen LogP contribution is 2.30. The van der Waals surface area contributed by atoms with E-state index in [4.69, 9.17) is 21.7 Å². The summed E-state index contributed by atoms with van der Waals surface area (Å²) in [6.07, 6.45) is 13.5. The van der Waals surface area contributed by atoms with Gasteiger partial charge in [-0.1, -0.05) is 72.8 Å². The predicted molar refractivity (Wildman–Crippen MR) is 240 cm³/mol. The van der Waals surface area contributed by atoms with Crippen molar-refractivity contribution in [3.63, 3.8) is 0 Å². The lowest BCUT2D eigenvalue weighted by Gasteiger charge is -2.09. The first kappa shape index (κ1) is 40.2. The highest BCUT2D eigenvalue weighted by Gasteiger charge is 2.11. The summed E-state index contributed by atoms with van der Waals surface area (Å²) < 4.78 is 0. The van der Waals surface area contributed by atoms with Gasteiger partial charge < -0.3 is 21.7 Å². The van der Waals surface area contributed by atoms with E-state index >= 15 is 0 Å². The van der Waals surface area contributed by atoms with Crippen LogP contribution >= 0.6 is 0 Å². The zero-order valence-electron chi connectivity index (χ0n) is 33.7. The van der Waals surface area contributed by atoms with Gasteiger partial charge in [-0.15, -0.1) is 0 Å². The molecule has 0 aliphatic heterocycles. The molecule has 0 fully saturated rings. The van der Waals surface area contributed by atoms with Crippen LogP contribution in [0.1, 0.15) is 70.2 Å². The normalized spacial score (nSPS) is 11.4. The molecule has 0 spiro atoms. The van der Waals surface area contributed by atoms with Gasteiger partial charge in [0.15, 0.2) is 11.6 Å². The first-order valence-corrected chi connectivity index (χ1v) is 20.5. The minimum atomic E-state index is 0.272. The lowest BCUT2D eigenvalue weighted by molar-refractivity contribution is 0.284. The van der Waals surface area contributed by atoms with Crippen molar-refractivity contribution in [3.8, 4) is 0 Å². The van der Waals surface area contributed by atoms with Crippen LogP contribution < -0.4 is 11.5 Å². The fraction of sp³-hybridized carbons (Fsp3) is 0.280. The molecule has 4 aromatic carbocycles. The van der Waals surface area contributed by atoms with E-state index in [1.807, 2.05) is 12.4 Å².